The Morgan fingerprint density at radius 3 is 1.44 bits per heavy atom. The van der Waals surface area contributed by atoms with Crippen molar-refractivity contribution in [2.45, 2.75) is 33.0 Å². The van der Waals surface area contributed by atoms with Crippen LogP contribution in [-0.2, 0) is 0 Å². The quantitative estimate of drug-likeness (QED) is 0.349. The fourth-order valence-electron chi connectivity index (χ4n) is 0. The summed E-state index contributed by atoms with van der Waals surface area (Å²) in [5.74, 6) is 2.43. The molecule has 0 rings (SSSR count). The average Bonchev–Trinajstić information content (AvgIpc) is 1.65. The van der Waals surface area contributed by atoms with Crippen LogP contribution in [0.4, 0.5) is 0 Å². The zero-order valence-corrected chi connectivity index (χ0v) is 7.52. The molecule has 0 atom stereocenters. The van der Waals surface area contributed by atoms with Gasteiger partial charge in [0.1, 0.15) is 0 Å². The Hall–Kier alpha value is 0.374. The predicted molar refractivity (Wildman–Crippen MR) is 51.0 cm³/mol. The number of rotatable bonds is 0. The Balaban J connectivity index is -0.0000000720. The van der Waals surface area contributed by atoms with Gasteiger partial charge >= 0.3 is 18.9 Å². The molecule has 9 heavy (non-hydrogen) atoms. The summed E-state index contributed by atoms with van der Waals surface area (Å²) in [6, 6.07) is 0. The van der Waals surface area contributed by atoms with Gasteiger partial charge < -0.3 is 0 Å². The minimum absolute atomic E-state index is 0. The summed E-state index contributed by atoms with van der Waals surface area (Å²) in [6.07, 6.45) is 5.62. The summed E-state index contributed by atoms with van der Waals surface area (Å²) in [5.41, 5.74) is 0. The van der Waals surface area contributed by atoms with Crippen LogP contribution in [0.5, 0.6) is 0 Å². The van der Waals surface area contributed by atoms with E-state index in [0.29, 0.717) is 0 Å². The fraction of sp³-hybridized carbons (Fsp3) is 0.714. The van der Waals surface area contributed by atoms with E-state index in [1.165, 1.54) is 0 Å². The average molecular weight is 136 g/mol. The first-order chi connectivity index (χ1) is 3.65. The van der Waals surface area contributed by atoms with Gasteiger partial charge in [0, 0.05) is 15.2 Å². The fourth-order valence-corrected chi connectivity index (χ4v) is 0. The van der Waals surface area contributed by atoms with Crippen LogP contribution >= 0.6 is 0 Å². The van der Waals surface area contributed by atoms with Crippen LogP contribution in [0.2, 0.25) is 19.6 Å². The molecular formula is C7H17LiSi. The molecule has 0 amide bonds. The standard InChI is InChI=1S/C4H6.C3H10Si.Li.H/c1-3-4-2;1-4(2)3;;/h1H,4H2,2H3;4H,1-3H3;;. The van der Waals surface area contributed by atoms with Crippen LogP contribution in [0.25, 0.3) is 0 Å². The zero-order chi connectivity index (χ0) is 6.99. The molecule has 0 N–H and O–H groups in total. The third kappa shape index (κ3) is 180. The van der Waals surface area contributed by atoms with E-state index in [-0.39, 0.29) is 27.7 Å². The van der Waals surface area contributed by atoms with Gasteiger partial charge in [-0.2, -0.15) is 0 Å². The normalized spacial score (nSPS) is 6.22. The third-order valence-electron chi connectivity index (χ3n) is 0.204. The second-order valence-electron chi connectivity index (χ2n) is 2.29. The maximum atomic E-state index is 4.78. The van der Waals surface area contributed by atoms with E-state index in [0.717, 1.165) is 6.42 Å². The topological polar surface area (TPSA) is 0 Å². The van der Waals surface area contributed by atoms with E-state index < -0.39 is 0 Å². The molecule has 0 saturated carbocycles. The van der Waals surface area contributed by atoms with Crippen molar-refractivity contribution in [2.75, 3.05) is 0 Å². The molecule has 0 aromatic rings. The zero-order valence-electron chi connectivity index (χ0n) is 6.36. The maximum absolute atomic E-state index is 4.78. The minimum atomic E-state index is -0.139. The number of hydrogen-bond donors (Lipinski definition) is 0. The molecule has 0 aliphatic carbocycles. The summed E-state index contributed by atoms with van der Waals surface area (Å²) < 4.78 is 0. The molecule has 0 radical (unpaired) electrons. The molecule has 0 heterocycles. The van der Waals surface area contributed by atoms with Gasteiger partial charge in [-0.1, -0.05) is 26.6 Å². The van der Waals surface area contributed by atoms with Crippen LogP contribution in [0, 0.1) is 12.3 Å². The van der Waals surface area contributed by atoms with Crippen molar-refractivity contribution in [1.82, 2.24) is 0 Å². The Morgan fingerprint density at radius 2 is 1.44 bits per heavy atom. The first-order valence-electron chi connectivity index (χ1n) is 3.08. The summed E-state index contributed by atoms with van der Waals surface area (Å²) in [7, 11) is -0.139. The molecule has 0 bridgehead atoms. The molecular weight excluding hydrogens is 119 g/mol. The molecule has 0 spiro atoms. The van der Waals surface area contributed by atoms with E-state index in [2.05, 4.69) is 25.6 Å². The number of terminal acetylenes is 1. The van der Waals surface area contributed by atoms with Crippen LogP contribution in [0.3, 0.4) is 0 Å². The predicted octanol–water partition coefficient (Wildman–Crippen LogP) is 1.48. The van der Waals surface area contributed by atoms with E-state index >= 15 is 0 Å². The van der Waals surface area contributed by atoms with Gasteiger partial charge in [0.15, 0.2) is 0 Å². The third-order valence-corrected chi connectivity index (χ3v) is 0.204. The molecule has 0 nitrogen and oxygen atoms in total. The van der Waals surface area contributed by atoms with Crippen molar-refractivity contribution < 1.29 is 0 Å². The Labute approximate surface area is 73.2 Å². The monoisotopic (exact) mass is 136 g/mol. The second-order valence-corrected chi connectivity index (χ2v) is 5.75. The van der Waals surface area contributed by atoms with Crippen molar-refractivity contribution in [3.8, 4) is 12.3 Å². The molecule has 0 fully saturated rings. The Bertz CT molecular complexity index is 61.1. The van der Waals surface area contributed by atoms with Crippen molar-refractivity contribution in [1.29, 1.82) is 0 Å². The van der Waals surface area contributed by atoms with E-state index in [1.807, 2.05) is 6.92 Å². The summed E-state index contributed by atoms with van der Waals surface area (Å²) >= 11 is 0. The van der Waals surface area contributed by atoms with Crippen molar-refractivity contribution >= 4 is 27.7 Å². The number of hydrogen-bond acceptors (Lipinski definition) is 0. The van der Waals surface area contributed by atoms with E-state index in [1.54, 1.807) is 0 Å². The first kappa shape index (κ1) is 16.2. The van der Waals surface area contributed by atoms with Gasteiger partial charge in [-0.05, 0) is 0 Å². The molecule has 0 aromatic carbocycles. The summed E-state index contributed by atoms with van der Waals surface area (Å²) in [5, 5.41) is 0. The van der Waals surface area contributed by atoms with Crippen LogP contribution in [0.1, 0.15) is 13.3 Å². The van der Waals surface area contributed by atoms with Crippen molar-refractivity contribution in [3.63, 3.8) is 0 Å². The van der Waals surface area contributed by atoms with E-state index in [9.17, 15) is 0 Å². The summed E-state index contributed by atoms with van der Waals surface area (Å²) in [6.45, 7) is 8.86. The molecule has 0 aromatic heterocycles. The molecule has 2 heteroatoms. The SMILES string of the molecule is C#CCC.C[SiH](C)C.[LiH]. The molecule has 0 aliphatic heterocycles. The van der Waals surface area contributed by atoms with Crippen molar-refractivity contribution in [2.24, 2.45) is 0 Å². The van der Waals surface area contributed by atoms with Crippen LogP contribution < -0.4 is 0 Å². The van der Waals surface area contributed by atoms with Gasteiger partial charge in [0.2, 0.25) is 0 Å². The van der Waals surface area contributed by atoms with Crippen LogP contribution in [0.15, 0.2) is 0 Å². The molecule has 0 saturated heterocycles. The van der Waals surface area contributed by atoms with Gasteiger partial charge in [-0.3, -0.25) is 0 Å². The first-order valence-corrected chi connectivity index (χ1v) is 6.55. The Morgan fingerprint density at radius 1 is 1.33 bits per heavy atom. The molecule has 0 unspecified atom stereocenters. The van der Waals surface area contributed by atoms with Gasteiger partial charge in [-0.25, -0.2) is 0 Å². The second kappa shape index (κ2) is 15.8. The van der Waals surface area contributed by atoms with Gasteiger partial charge in [-0.15, -0.1) is 12.3 Å². The van der Waals surface area contributed by atoms with E-state index in [4.69, 9.17) is 6.42 Å². The van der Waals surface area contributed by atoms with Gasteiger partial charge in [0.05, 0.1) is 0 Å². The molecule has 0 aliphatic rings. The Kier molecular flexibility index (Phi) is 28.3. The van der Waals surface area contributed by atoms with Gasteiger partial charge in [0.25, 0.3) is 0 Å². The van der Waals surface area contributed by atoms with Crippen LogP contribution in [-0.4, -0.2) is 27.7 Å². The van der Waals surface area contributed by atoms with Crippen molar-refractivity contribution in [3.05, 3.63) is 0 Å². The molecule has 50 valence electrons. The summed E-state index contributed by atoms with van der Waals surface area (Å²) in [4.78, 5) is 0.